The van der Waals surface area contributed by atoms with Crippen LogP contribution in [0.1, 0.15) is 0 Å². The van der Waals surface area contributed by atoms with Gasteiger partial charge in [-0.25, -0.2) is 18.0 Å². The van der Waals surface area contributed by atoms with Crippen LogP contribution in [-0.4, -0.2) is 23.5 Å². The second kappa shape index (κ2) is 6.46. The summed E-state index contributed by atoms with van der Waals surface area (Å²) in [6.07, 6.45) is -1.75. The summed E-state index contributed by atoms with van der Waals surface area (Å²) in [7, 11) is 0. The molecule has 0 aliphatic rings. The van der Waals surface area contributed by atoms with Crippen LogP contribution in [-0.2, 0) is 0 Å². The number of carbonyl (C=O) groups is 1. The Kier molecular flexibility index (Phi) is 5.19. The Morgan fingerprint density at radius 1 is 1.05 bits per heavy atom. The first-order chi connectivity index (χ1) is 9.34. The van der Waals surface area contributed by atoms with E-state index in [1.807, 2.05) is 0 Å². The quantitative estimate of drug-likeness (QED) is 0.214. The summed E-state index contributed by atoms with van der Waals surface area (Å²) in [6, 6.07) is 0. The van der Waals surface area contributed by atoms with Gasteiger partial charge in [-0.1, -0.05) is 0 Å². The lowest BCUT2D eigenvalue weighted by molar-refractivity contribution is 0.150. The third kappa shape index (κ3) is 2.95. The van der Waals surface area contributed by atoms with E-state index in [-0.39, 0.29) is 10.9 Å². The number of hydrogen-bond donors (Lipinski definition) is 0. The number of benzene rings is 1. The van der Waals surface area contributed by atoms with Crippen LogP contribution < -0.4 is 4.74 Å². The number of hydrogen-bond acceptors (Lipinski definition) is 4. The smallest absolute Gasteiger partial charge is 0.402 e. The predicted octanol–water partition coefficient (Wildman–Crippen LogP) is 3.10. The Morgan fingerprint density at radius 2 is 1.50 bits per heavy atom. The summed E-state index contributed by atoms with van der Waals surface area (Å²) in [4.78, 5) is 21.4. The Morgan fingerprint density at radius 3 is 1.90 bits per heavy atom. The Balaban J connectivity index is 3.16. The lowest BCUT2D eigenvalue weighted by Crippen LogP contribution is -2.31. The van der Waals surface area contributed by atoms with Crippen LogP contribution in [0.2, 0.25) is 0 Å². The molecule has 0 aromatic heterocycles. The fraction of sp³-hybridized carbons (Fsp3) is 0.222. The van der Waals surface area contributed by atoms with Crippen molar-refractivity contribution >= 4 is 17.7 Å². The minimum absolute atomic E-state index is 0.00501. The highest BCUT2D eigenvalue weighted by Crippen LogP contribution is 2.29. The molecule has 0 heterocycles. The van der Waals surface area contributed by atoms with Crippen molar-refractivity contribution in [3.05, 3.63) is 34.0 Å². The summed E-state index contributed by atoms with van der Waals surface area (Å²) < 4.78 is 68.6. The third-order valence-electron chi connectivity index (χ3n) is 1.96. The molecule has 0 spiro atoms. The lowest BCUT2D eigenvalue weighted by atomic mass is 10.2. The maximum atomic E-state index is 13.2. The van der Waals surface area contributed by atoms with Gasteiger partial charge in [0, 0.05) is 5.88 Å². The maximum Gasteiger partial charge on any atom is 0.438 e. The van der Waals surface area contributed by atoms with Crippen molar-refractivity contribution < 1.29 is 31.5 Å². The molecule has 0 radical (unpaired) electrons. The molecule has 0 fully saturated rings. The molecule has 0 saturated heterocycles. The van der Waals surface area contributed by atoms with E-state index in [0.717, 1.165) is 0 Å². The molecule has 0 bridgehead atoms. The van der Waals surface area contributed by atoms with Crippen molar-refractivity contribution in [1.82, 2.24) is 5.01 Å². The average molecular weight is 319 g/mol. The highest BCUT2D eigenvalue weighted by molar-refractivity contribution is 6.18. The van der Waals surface area contributed by atoms with E-state index in [2.05, 4.69) is 10.0 Å². The summed E-state index contributed by atoms with van der Waals surface area (Å²) in [5.74, 6) is -13.8. The molecular weight excluding hydrogens is 315 g/mol. The van der Waals surface area contributed by atoms with E-state index in [4.69, 9.17) is 11.6 Å². The van der Waals surface area contributed by atoms with Crippen molar-refractivity contribution in [2.24, 2.45) is 5.29 Å². The van der Waals surface area contributed by atoms with Gasteiger partial charge in [-0.15, -0.1) is 16.5 Å². The molecule has 11 heteroatoms. The summed E-state index contributed by atoms with van der Waals surface area (Å²) in [6.45, 7) is -0.487. The van der Waals surface area contributed by atoms with Gasteiger partial charge in [0.15, 0.2) is 0 Å². The number of rotatable bonds is 4. The Bertz CT molecular complexity index is 528. The molecule has 1 aromatic rings. The van der Waals surface area contributed by atoms with Gasteiger partial charge < -0.3 is 4.74 Å². The van der Waals surface area contributed by atoms with Gasteiger partial charge >= 0.3 is 6.09 Å². The van der Waals surface area contributed by atoms with E-state index in [9.17, 15) is 31.7 Å². The summed E-state index contributed by atoms with van der Waals surface area (Å²) in [5, 5.41) is 2.12. The van der Waals surface area contributed by atoms with Crippen LogP contribution in [0.3, 0.4) is 0 Å². The van der Waals surface area contributed by atoms with Crippen LogP contribution in [0, 0.1) is 34.0 Å². The average Bonchev–Trinajstić information content (AvgIpc) is 2.44. The SMILES string of the molecule is O=NN(CCCl)C(=O)Oc1c(F)c(F)c(F)c(F)c1F. The lowest BCUT2D eigenvalue weighted by Gasteiger charge is -2.13. The van der Waals surface area contributed by atoms with E-state index < -0.39 is 47.5 Å². The first-order valence-electron chi connectivity index (χ1n) is 4.75. The zero-order chi connectivity index (χ0) is 15.4. The van der Waals surface area contributed by atoms with Crippen LogP contribution in [0.4, 0.5) is 26.7 Å². The molecule has 20 heavy (non-hydrogen) atoms. The predicted molar refractivity (Wildman–Crippen MR) is 55.5 cm³/mol. The molecule has 110 valence electrons. The fourth-order valence-electron chi connectivity index (χ4n) is 1.06. The minimum atomic E-state index is -2.41. The zero-order valence-electron chi connectivity index (χ0n) is 9.30. The Labute approximate surface area is 112 Å². The van der Waals surface area contributed by atoms with Gasteiger partial charge in [-0.2, -0.15) is 13.8 Å². The van der Waals surface area contributed by atoms with Crippen molar-refractivity contribution in [1.29, 1.82) is 0 Å². The summed E-state index contributed by atoms with van der Waals surface area (Å²) in [5.41, 5.74) is 0. The first kappa shape index (κ1) is 16.1. The molecule has 0 atom stereocenters. The molecule has 0 N–H and O–H groups in total. The van der Waals surface area contributed by atoms with Crippen molar-refractivity contribution in [3.63, 3.8) is 0 Å². The highest BCUT2D eigenvalue weighted by atomic mass is 35.5. The van der Waals surface area contributed by atoms with E-state index in [1.54, 1.807) is 0 Å². The largest absolute Gasteiger partial charge is 0.438 e. The number of amides is 1. The molecule has 5 nitrogen and oxygen atoms in total. The minimum Gasteiger partial charge on any atom is -0.402 e. The topological polar surface area (TPSA) is 59.0 Å². The number of carbonyl (C=O) groups excluding carboxylic acids is 1. The van der Waals surface area contributed by atoms with Gasteiger partial charge in [0.25, 0.3) is 0 Å². The second-order valence-electron chi connectivity index (χ2n) is 3.16. The zero-order valence-corrected chi connectivity index (χ0v) is 10.1. The molecule has 0 aliphatic carbocycles. The molecule has 0 aliphatic heterocycles. The molecular formula is C9H4ClF5N2O3. The maximum absolute atomic E-state index is 13.2. The molecule has 1 aromatic carbocycles. The second-order valence-corrected chi connectivity index (χ2v) is 3.54. The number of nitroso groups, excluding NO2 is 1. The van der Waals surface area contributed by atoms with Crippen molar-refractivity contribution in [2.75, 3.05) is 12.4 Å². The molecule has 1 rings (SSSR count). The van der Waals surface area contributed by atoms with Gasteiger partial charge in [0.05, 0.1) is 11.8 Å². The number of alkyl halides is 1. The molecule has 0 saturated carbocycles. The standard InChI is InChI=1S/C9H4ClF5N2O3/c10-1-2-17(16-19)9(18)20-8-6(14)4(12)3(11)5(13)7(8)15/h1-2H2. The van der Waals surface area contributed by atoms with Crippen LogP contribution in [0.15, 0.2) is 5.29 Å². The van der Waals surface area contributed by atoms with Crippen LogP contribution in [0.25, 0.3) is 0 Å². The normalized spacial score (nSPS) is 10.3. The van der Waals surface area contributed by atoms with Gasteiger partial charge in [0.1, 0.15) is 0 Å². The van der Waals surface area contributed by atoms with Gasteiger partial charge in [-0.05, 0) is 0 Å². The highest BCUT2D eigenvalue weighted by Gasteiger charge is 2.30. The van der Waals surface area contributed by atoms with E-state index in [0.29, 0.717) is 0 Å². The van der Waals surface area contributed by atoms with Crippen LogP contribution in [0.5, 0.6) is 5.75 Å². The monoisotopic (exact) mass is 318 g/mol. The molecule has 0 unspecified atom stereocenters. The van der Waals surface area contributed by atoms with E-state index >= 15 is 0 Å². The van der Waals surface area contributed by atoms with Gasteiger partial charge in [-0.3, -0.25) is 0 Å². The van der Waals surface area contributed by atoms with E-state index in [1.165, 1.54) is 0 Å². The third-order valence-corrected chi connectivity index (χ3v) is 2.13. The van der Waals surface area contributed by atoms with Crippen LogP contribution >= 0.6 is 11.6 Å². The van der Waals surface area contributed by atoms with Crippen molar-refractivity contribution in [3.8, 4) is 5.75 Å². The Hall–Kier alpha value is -1.97. The summed E-state index contributed by atoms with van der Waals surface area (Å²) >= 11 is 5.19. The number of ether oxygens (including phenoxy) is 1. The fourth-order valence-corrected chi connectivity index (χ4v) is 1.22. The first-order valence-corrected chi connectivity index (χ1v) is 5.28. The van der Waals surface area contributed by atoms with Gasteiger partial charge in [0.2, 0.25) is 34.8 Å². The number of halogens is 6. The van der Waals surface area contributed by atoms with Crippen molar-refractivity contribution in [2.45, 2.75) is 0 Å². The molecule has 1 amide bonds. The number of nitrogens with zero attached hydrogens (tertiary/aromatic N) is 2.